The number of amides is 4. The van der Waals surface area contributed by atoms with Crippen LogP contribution in [0.5, 0.6) is 0 Å². The lowest BCUT2D eigenvalue weighted by atomic mass is 10.0. The Labute approximate surface area is 182 Å². The van der Waals surface area contributed by atoms with Gasteiger partial charge in [-0.1, -0.05) is 44.2 Å². The molecule has 0 aliphatic heterocycles. The maximum atomic E-state index is 13.5. The maximum Gasteiger partial charge on any atom is 0.340 e. The van der Waals surface area contributed by atoms with E-state index in [1.165, 1.54) is 28.5 Å². The Hall–Kier alpha value is -3.33. The minimum Gasteiger partial charge on any atom is -0.338 e. The fourth-order valence-corrected chi connectivity index (χ4v) is 2.85. The molecule has 0 spiro atoms. The highest BCUT2D eigenvalue weighted by atomic mass is 16.2. The molecule has 1 atom stereocenters. The summed E-state index contributed by atoms with van der Waals surface area (Å²) < 4.78 is 0. The van der Waals surface area contributed by atoms with Gasteiger partial charge in [0.2, 0.25) is 0 Å². The fraction of sp³-hybridized carbons (Fsp3) is 0.409. The smallest absolute Gasteiger partial charge is 0.338 e. The lowest BCUT2D eigenvalue weighted by Gasteiger charge is -2.30. The number of nitrogens with one attached hydrogen (secondary N) is 2. The molecule has 0 bridgehead atoms. The van der Waals surface area contributed by atoms with E-state index < -0.39 is 23.9 Å². The molecule has 1 aromatic carbocycles. The van der Waals surface area contributed by atoms with Gasteiger partial charge in [0, 0.05) is 39.5 Å². The number of benzene rings is 1. The van der Waals surface area contributed by atoms with E-state index in [1.54, 1.807) is 14.1 Å². The Morgan fingerprint density at radius 2 is 1.81 bits per heavy atom. The largest absolute Gasteiger partial charge is 0.340 e. The predicted molar refractivity (Wildman–Crippen MR) is 117 cm³/mol. The van der Waals surface area contributed by atoms with E-state index in [1.807, 2.05) is 44.2 Å². The van der Waals surface area contributed by atoms with Gasteiger partial charge in [-0.05, 0) is 17.9 Å². The zero-order valence-corrected chi connectivity index (χ0v) is 18.4. The van der Waals surface area contributed by atoms with Crippen molar-refractivity contribution in [3.63, 3.8) is 0 Å². The quantitative estimate of drug-likeness (QED) is 0.593. The fourth-order valence-electron chi connectivity index (χ4n) is 2.85. The summed E-state index contributed by atoms with van der Waals surface area (Å²) in [6, 6.07) is 7.90. The third-order valence-electron chi connectivity index (χ3n) is 4.73. The number of aromatic nitrogens is 2. The second kappa shape index (κ2) is 11.8. The van der Waals surface area contributed by atoms with E-state index in [9.17, 15) is 14.4 Å². The Kier molecular flexibility index (Phi) is 9.08. The maximum absolute atomic E-state index is 13.5. The van der Waals surface area contributed by atoms with E-state index in [0.717, 1.165) is 5.56 Å². The molecular formula is C22H30N6O3. The highest BCUT2D eigenvalue weighted by molar-refractivity contribution is 6.01. The van der Waals surface area contributed by atoms with Gasteiger partial charge in [-0.2, -0.15) is 0 Å². The van der Waals surface area contributed by atoms with Crippen molar-refractivity contribution in [3.05, 3.63) is 60.2 Å². The van der Waals surface area contributed by atoms with Crippen molar-refractivity contribution in [2.45, 2.75) is 32.7 Å². The molecule has 0 saturated carbocycles. The van der Waals surface area contributed by atoms with Gasteiger partial charge in [0.05, 0.1) is 6.20 Å². The van der Waals surface area contributed by atoms with E-state index in [4.69, 9.17) is 0 Å². The van der Waals surface area contributed by atoms with Gasteiger partial charge in [-0.25, -0.2) is 15.2 Å². The van der Waals surface area contributed by atoms with E-state index >= 15 is 0 Å². The average molecular weight is 427 g/mol. The summed E-state index contributed by atoms with van der Waals surface area (Å²) in [4.78, 5) is 48.1. The first kappa shape index (κ1) is 23.9. The zero-order chi connectivity index (χ0) is 22.8. The molecule has 9 nitrogen and oxygen atoms in total. The average Bonchev–Trinajstić information content (AvgIpc) is 2.78. The lowest BCUT2D eigenvalue weighted by molar-refractivity contribution is -0.131. The standard InChI is InChI=1S/C22H30N6O3/c1-16(2)10-13-28(22(31)27(4)23-3)21(30)18(14-17-8-6-5-7-9-17)26-20(29)19-15-24-11-12-25-19/h5-9,11-12,15-16,18,23H,10,13-14H2,1-4H3,(H,26,29). The second-order valence-corrected chi connectivity index (χ2v) is 7.54. The van der Waals surface area contributed by atoms with Gasteiger partial charge >= 0.3 is 6.03 Å². The molecule has 9 heteroatoms. The van der Waals surface area contributed by atoms with Gasteiger partial charge in [0.25, 0.3) is 11.8 Å². The molecule has 0 aliphatic rings. The van der Waals surface area contributed by atoms with Crippen molar-refractivity contribution in [3.8, 4) is 0 Å². The molecule has 1 aromatic heterocycles. The number of carbonyl (C=O) groups is 3. The summed E-state index contributed by atoms with van der Waals surface area (Å²) in [5.41, 5.74) is 3.68. The van der Waals surface area contributed by atoms with Crippen LogP contribution in [0, 0.1) is 5.92 Å². The summed E-state index contributed by atoms with van der Waals surface area (Å²) in [7, 11) is 3.14. The normalized spacial score (nSPS) is 11.6. The van der Waals surface area contributed by atoms with Gasteiger partial charge in [0.1, 0.15) is 11.7 Å². The van der Waals surface area contributed by atoms with Crippen LogP contribution in [0.25, 0.3) is 0 Å². The van der Waals surface area contributed by atoms with Crippen LogP contribution in [0.3, 0.4) is 0 Å². The van der Waals surface area contributed by atoms with E-state index in [0.29, 0.717) is 12.3 Å². The molecule has 0 radical (unpaired) electrons. The minimum absolute atomic E-state index is 0.0979. The third-order valence-corrected chi connectivity index (χ3v) is 4.73. The van der Waals surface area contributed by atoms with Crippen LogP contribution < -0.4 is 10.7 Å². The van der Waals surface area contributed by atoms with Gasteiger partial charge in [0.15, 0.2) is 0 Å². The first-order valence-electron chi connectivity index (χ1n) is 10.2. The summed E-state index contributed by atoms with van der Waals surface area (Å²) in [5, 5.41) is 3.98. The molecule has 2 rings (SSSR count). The highest BCUT2D eigenvalue weighted by Gasteiger charge is 2.32. The van der Waals surface area contributed by atoms with Crippen molar-refractivity contribution in [1.82, 2.24) is 30.6 Å². The van der Waals surface area contributed by atoms with Crippen molar-refractivity contribution in [1.29, 1.82) is 0 Å². The van der Waals surface area contributed by atoms with Gasteiger partial charge < -0.3 is 5.32 Å². The van der Waals surface area contributed by atoms with Crippen molar-refractivity contribution >= 4 is 17.8 Å². The first-order valence-corrected chi connectivity index (χ1v) is 10.2. The number of imide groups is 1. The lowest BCUT2D eigenvalue weighted by Crippen LogP contribution is -2.56. The number of hydrogen-bond acceptors (Lipinski definition) is 6. The minimum atomic E-state index is -0.946. The van der Waals surface area contributed by atoms with E-state index in [-0.39, 0.29) is 18.7 Å². The third kappa shape index (κ3) is 7.14. The zero-order valence-electron chi connectivity index (χ0n) is 18.4. The molecule has 2 aromatic rings. The number of nitrogens with zero attached hydrogens (tertiary/aromatic N) is 4. The summed E-state index contributed by atoms with van der Waals surface area (Å²) in [5.74, 6) is -0.709. The Morgan fingerprint density at radius 1 is 1.10 bits per heavy atom. The number of rotatable bonds is 9. The molecule has 166 valence electrons. The molecule has 0 fully saturated rings. The Morgan fingerprint density at radius 3 is 2.39 bits per heavy atom. The monoisotopic (exact) mass is 426 g/mol. The summed E-state index contributed by atoms with van der Waals surface area (Å²) >= 11 is 0. The molecule has 0 aliphatic carbocycles. The number of hydrogen-bond donors (Lipinski definition) is 2. The van der Waals surface area contributed by atoms with Crippen LogP contribution in [-0.4, -0.2) is 64.4 Å². The molecule has 1 heterocycles. The first-order chi connectivity index (χ1) is 14.8. The van der Waals surface area contributed by atoms with Crippen LogP contribution in [0.1, 0.15) is 36.3 Å². The van der Waals surface area contributed by atoms with Crippen molar-refractivity contribution < 1.29 is 14.4 Å². The predicted octanol–water partition coefficient (Wildman–Crippen LogP) is 1.88. The topological polar surface area (TPSA) is 108 Å². The highest BCUT2D eigenvalue weighted by Crippen LogP contribution is 2.11. The molecule has 2 N–H and O–H groups in total. The number of carbonyl (C=O) groups excluding carboxylic acids is 3. The van der Waals surface area contributed by atoms with Crippen LogP contribution in [0.4, 0.5) is 4.79 Å². The Balaban J connectivity index is 2.32. The van der Waals surface area contributed by atoms with Crippen LogP contribution in [-0.2, 0) is 11.2 Å². The van der Waals surface area contributed by atoms with Crippen molar-refractivity contribution in [2.75, 3.05) is 20.6 Å². The summed E-state index contributed by atoms with van der Waals surface area (Å²) in [6.07, 6.45) is 5.08. The van der Waals surface area contributed by atoms with Gasteiger partial charge in [-0.3, -0.25) is 24.5 Å². The second-order valence-electron chi connectivity index (χ2n) is 7.54. The number of hydrazine groups is 1. The molecule has 4 amide bonds. The Bertz CT molecular complexity index is 860. The number of urea groups is 1. The molecule has 0 saturated heterocycles. The molecule has 1 unspecified atom stereocenters. The molecular weight excluding hydrogens is 396 g/mol. The SMILES string of the molecule is CNN(C)C(=O)N(CCC(C)C)C(=O)C(Cc1ccccc1)NC(=O)c1cnccn1. The summed E-state index contributed by atoms with van der Waals surface area (Å²) in [6.45, 7) is 4.28. The van der Waals surface area contributed by atoms with Gasteiger partial charge in [-0.15, -0.1) is 0 Å². The van der Waals surface area contributed by atoms with Crippen LogP contribution in [0.2, 0.25) is 0 Å². The van der Waals surface area contributed by atoms with Crippen molar-refractivity contribution in [2.24, 2.45) is 5.92 Å². The van der Waals surface area contributed by atoms with Crippen LogP contribution >= 0.6 is 0 Å². The van der Waals surface area contributed by atoms with Crippen LogP contribution in [0.15, 0.2) is 48.9 Å². The molecule has 31 heavy (non-hydrogen) atoms. The van der Waals surface area contributed by atoms with E-state index in [2.05, 4.69) is 20.7 Å².